The average Bonchev–Trinajstić information content (AvgIpc) is 2.65. The molecule has 8 nitrogen and oxygen atoms in total. The molecular formula is C18H20N2O6S. The van der Waals surface area contributed by atoms with Gasteiger partial charge in [0.25, 0.3) is 5.91 Å². The number of methoxy groups -OCH3 is 1. The highest BCUT2D eigenvalue weighted by atomic mass is 32.2. The number of esters is 1. The van der Waals surface area contributed by atoms with Crippen LogP contribution in [0.4, 0.5) is 5.69 Å². The number of benzene rings is 2. The van der Waals surface area contributed by atoms with Gasteiger partial charge in [-0.15, -0.1) is 0 Å². The topological polar surface area (TPSA) is 111 Å². The Balaban J connectivity index is 1.90. The van der Waals surface area contributed by atoms with Crippen molar-refractivity contribution in [3.8, 4) is 5.75 Å². The molecule has 0 saturated heterocycles. The first-order valence-corrected chi connectivity index (χ1v) is 9.44. The second kappa shape index (κ2) is 9.15. The van der Waals surface area contributed by atoms with Crippen LogP contribution in [0, 0.1) is 6.92 Å². The molecule has 2 aromatic rings. The standard InChI is InChI=1S/C18H20N2O6S/c1-13-4-3-5-15(10-13)26-12-17(21)20-14-6-8-16(9-7-14)27(23,24)19-11-18(22)25-2/h3-10,19H,11-12H2,1-2H3,(H,20,21). The number of hydrogen-bond donors (Lipinski definition) is 2. The third kappa shape index (κ3) is 6.39. The Morgan fingerprint density at radius 2 is 1.78 bits per heavy atom. The number of anilines is 1. The van der Waals surface area contributed by atoms with E-state index in [1.165, 1.54) is 24.3 Å². The first-order chi connectivity index (χ1) is 12.8. The minimum absolute atomic E-state index is 0.0413. The summed E-state index contributed by atoms with van der Waals surface area (Å²) in [5, 5.41) is 2.61. The number of ether oxygens (including phenoxy) is 2. The summed E-state index contributed by atoms with van der Waals surface area (Å²) in [6.07, 6.45) is 0. The van der Waals surface area contributed by atoms with Gasteiger partial charge in [-0.3, -0.25) is 9.59 Å². The van der Waals surface area contributed by atoms with Crippen LogP contribution in [-0.2, 0) is 24.3 Å². The highest BCUT2D eigenvalue weighted by Gasteiger charge is 2.15. The summed E-state index contributed by atoms with van der Waals surface area (Å²) in [4.78, 5) is 22.9. The largest absolute Gasteiger partial charge is 0.484 e. The van der Waals surface area contributed by atoms with Crippen molar-refractivity contribution >= 4 is 27.6 Å². The van der Waals surface area contributed by atoms with E-state index >= 15 is 0 Å². The van der Waals surface area contributed by atoms with Crippen LogP contribution in [0.2, 0.25) is 0 Å². The Labute approximate surface area is 157 Å². The molecule has 0 spiro atoms. The van der Waals surface area contributed by atoms with Crippen molar-refractivity contribution in [3.05, 3.63) is 54.1 Å². The summed E-state index contributed by atoms with van der Waals surface area (Å²) in [5.74, 6) is -0.490. The van der Waals surface area contributed by atoms with Gasteiger partial charge in [0.05, 0.1) is 12.0 Å². The average molecular weight is 392 g/mol. The molecule has 0 aliphatic rings. The second-order valence-electron chi connectivity index (χ2n) is 5.58. The highest BCUT2D eigenvalue weighted by Crippen LogP contribution is 2.15. The predicted molar refractivity (Wildman–Crippen MR) is 99.0 cm³/mol. The van der Waals surface area contributed by atoms with Crippen molar-refractivity contribution in [1.82, 2.24) is 4.72 Å². The highest BCUT2D eigenvalue weighted by molar-refractivity contribution is 7.89. The van der Waals surface area contributed by atoms with E-state index in [9.17, 15) is 18.0 Å². The van der Waals surface area contributed by atoms with E-state index in [-0.39, 0.29) is 17.4 Å². The van der Waals surface area contributed by atoms with Crippen LogP contribution in [0.15, 0.2) is 53.4 Å². The molecule has 0 bridgehead atoms. The van der Waals surface area contributed by atoms with Gasteiger partial charge in [-0.1, -0.05) is 12.1 Å². The number of rotatable bonds is 8. The molecule has 0 saturated carbocycles. The summed E-state index contributed by atoms with van der Waals surface area (Å²) in [6.45, 7) is 1.28. The van der Waals surface area contributed by atoms with Gasteiger partial charge in [0.15, 0.2) is 6.61 Å². The van der Waals surface area contributed by atoms with E-state index in [1.807, 2.05) is 25.1 Å². The predicted octanol–water partition coefficient (Wildman–Crippen LogP) is 1.46. The first kappa shape index (κ1) is 20.4. The van der Waals surface area contributed by atoms with Crippen LogP contribution in [0.25, 0.3) is 0 Å². The Morgan fingerprint density at radius 3 is 2.41 bits per heavy atom. The monoisotopic (exact) mass is 392 g/mol. The molecule has 0 unspecified atom stereocenters. The van der Waals surface area contributed by atoms with Crippen molar-refractivity contribution < 1.29 is 27.5 Å². The molecule has 144 valence electrons. The van der Waals surface area contributed by atoms with Crippen molar-refractivity contribution in [2.24, 2.45) is 0 Å². The van der Waals surface area contributed by atoms with Crippen LogP contribution < -0.4 is 14.8 Å². The van der Waals surface area contributed by atoms with E-state index in [4.69, 9.17) is 4.74 Å². The van der Waals surface area contributed by atoms with Crippen LogP contribution >= 0.6 is 0 Å². The van der Waals surface area contributed by atoms with Crippen LogP contribution in [0.1, 0.15) is 5.56 Å². The molecule has 27 heavy (non-hydrogen) atoms. The smallest absolute Gasteiger partial charge is 0.320 e. The normalized spacial score (nSPS) is 10.9. The van der Waals surface area contributed by atoms with E-state index in [1.54, 1.807) is 6.07 Å². The number of amides is 1. The van der Waals surface area contributed by atoms with Gasteiger partial charge in [-0.05, 0) is 48.9 Å². The quantitative estimate of drug-likeness (QED) is 0.658. The van der Waals surface area contributed by atoms with Crippen molar-refractivity contribution in [2.75, 3.05) is 25.6 Å². The van der Waals surface area contributed by atoms with Gasteiger partial charge >= 0.3 is 5.97 Å². The summed E-state index contributed by atoms with van der Waals surface area (Å²) in [7, 11) is -2.69. The minimum atomic E-state index is -3.85. The van der Waals surface area contributed by atoms with Gasteiger partial charge in [-0.25, -0.2) is 8.42 Å². The summed E-state index contributed by atoms with van der Waals surface area (Å²) < 4.78 is 36.0. The fourth-order valence-corrected chi connectivity index (χ4v) is 3.05. The zero-order valence-electron chi connectivity index (χ0n) is 14.9. The lowest BCUT2D eigenvalue weighted by molar-refractivity contribution is -0.139. The lowest BCUT2D eigenvalue weighted by atomic mass is 10.2. The molecule has 9 heteroatoms. The maximum absolute atomic E-state index is 12.0. The zero-order chi connectivity index (χ0) is 19.9. The lowest BCUT2D eigenvalue weighted by Gasteiger charge is -2.09. The molecule has 0 aliphatic heterocycles. The van der Waals surface area contributed by atoms with Crippen LogP contribution in [0.3, 0.4) is 0 Å². The zero-order valence-corrected chi connectivity index (χ0v) is 15.7. The third-order valence-corrected chi connectivity index (χ3v) is 4.86. The molecule has 0 radical (unpaired) electrons. The maximum Gasteiger partial charge on any atom is 0.320 e. The molecule has 0 atom stereocenters. The number of carbonyl (C=O) groups excluding carboxylic acids is 2. The molecule has 2 rings (SSSR count). The van der Waals surface area contributed by atoms with Gasteiger partial charge < -0.3 is 14.8 Å². The summed E-state index contributed by atoms with van der Waals surface area (Å²) in [5.41, 5.74) is 1.44. The summed E-state index contributed by atoms with van der Waals surface area (Å²) in [6, 6.07) is 12.8. The third-order valence-electron chi connectivity index (χ3n) is 3.44. The molecule has 2 N–H and O–H groups in total. The maximum atomic E-state index is 12.0. The van der Waals surface area contributed by atoms with Crippen LogP contribution in [0.5, 0.6) is 5.75 Å². The van der Waals surface area contributed by atoms with Gasteiger partial charge in [0.2, 0.25) is 10.0 Å². The first-order valence-electron chi connectivity index (χ1n) is 7.96. The summed E-state index contributed by atoms with van der Waals surface area (Å²) >= 11 is 0. The molecule has 0 aromatic heterocycles. The molecule has 0 aliphatic carbocycles. The van der Waals surface area contributed by atoms with E-state index in [0.717, 1.165) is 12.7 Å². The number of aryl methyl sites for hydroxylation is 1. The van der Waals surface area contributed by atoms with E-state index in [2.05, 4.69) is 14.8 Å². The fourth-order valence-electron chi connectivity index (χ4n) is 2.08. The number of carbonyl (C=O) groups is 2. The Bertz CT molecular complexity index is 910. The van der Waals surface area contributed by atoms with Gasteiger partial charge in [0.1, 0.15) is 12.3 Å². The molecule has 0 heterocycles. The molecule has 0 fully saturated rings. The van der Waals surface area contributed by atoms with Crippen molar-refractivity contribution in [3.63, 3.8) is 0 Å². The van der Waals surface area contributed by atoms with E-state index < -0.39 is 22.5 Å². The minimum Gasteiger partial charge on any atom is -0.484 e. The van der Waals surface area contributed by atoms with Gasteiger partial charge in [0, 0.05) is 5.69 Å². The number of hydrogen-bond acceptors (Lipinski definition) is 6. The Hall–Kier alpha value is -2.91. The molecule has 1 amide bonds. The SMILES string of the molecule is COC(=O)CNS(=O)(=O)c1ccc(NC(=O)COc2cccc(C)c2)cc1. The van der Waals surface area contributed by atoms with Crippen molar-refractivity contribution in [1.29, 1.82) is 0 Å². The second-order valence-corrected chi connectivity index (χ2v) is 7.35. The Kier molecular flexibility index (Phi) is 6.91. The lowest BCUT2D eigenvalue weighted by Crippen LogP contribution is -2.30. The fraction of sp³-hybridized carbons (Fsp3) is 0.222. The molecular weight excluding hydrogens is 372 g/mol. The van der Waals surface area contributed by atoms with Gasteiger partial charge in [-0.2, -0.15) is 4.72 Å². The van der Waals surface area contributed by atoms with Crippen molar-refractivity contribution in [2.45, 2.75) is 11.8 Å². The Morgan fingerprint density at radius 1 is 1.07 bits per heavy atom. The number of nitrogens with one attached hydrogen (secondary N) is 2. The van der Waals surface area contributed by atoms with E-state index in [0.29, 0.717) is 11.4 Å². The number of sulfonamides is 1. The molecule has 2 aromatic carbocycles. The van der Waals surface area contributed by atoms with Crippen LogP contribution in [-0.4, -0.2) is 40.6 Å².